The van der Waals surface area contributed by atoms with Gasteiger partial charge in [-0.2, -0.15) is 0 Å². The highest BCUT2D eigenvalue weighted by atomic mass is 35.5. The maximum atomic E-state index is 6.41. The zero-order valence-electron chi connectivity index (χ0n) is 10.0. The van der Waals surface area contributed by atoms with Crippen molar-refractivity contribution in [3.05, 3.63) is 54.1 Å². The van der Waals surface area contributed by atoms with Crippen LogP contribution in [0.1, 0.15) is 18.0 Å². The molecular weight excluding hydrogens is 244 g/mol. The van der Waals surface area contributed by atoms with Gasteiger partial charge in [-0.15, -0.1) is 0 Å². The van der Waals surface area contributed by atoms with Gasteiger partial charge in [0.1, 0.15) is 11.3 Å². The summed E-state index contributed by atoms with van der Waals surface area (Å²) in [6.07, 6.45) is 0. The Kier molecular flexibility index (Phi) is 2.80. The minimum Gasteiger partial charge on any atom is -0.354 e. The molecule has 0 saturated heterocycles. The summed E-state index contributed by atoms with van der Waals surface area (Å²) >= 11 is 6.41. The Morgan fingerprint density at radius 3 is 2.61 bits per heavy atom. The van der Waals surface area contributed by atoms with Crippen LogP contribution in [0.5, 0.6) is 0 Å². The van der Waals surface area contributed by atoms with Crippen molar-refractivity contribution in [1.29, 1.82) is 0 Å². The Labute approximate surface area is 111 Å². The number of amidine groups is 1. The van der Waals surface area contributed by atoms with Crippen molar-refractivity contribution in [3.8, 4) is 11.1 Å². The van der Waals surface area contributed by atoms with Gasteiger partial charge in [-0.1, -0.05) is 54.1 Å². The Bertz CT molecular complexity index is 605. The minimum absolute atomic E-state index is 0.228. The van der Waals surface area contributed by atoms with E-state index in [4.69, 9.17) is 11.6 Å². The molecule has 1 aliphatic heterocycles. The van der Waals surface area contributed by atoms with Gasteiger partial charge in [0.15, 0.2) is 0 Å². The summed E-state index contributed by atoms with van der Waals surface area (Å²) in [4.78, 5) is 4.50. The maximum Gasteiger partial charge on any atom is 0.131 e. The predicted molar refractivity (Wildman–Crippen MR) is 76.4 cm³/mol. The van der Waals surface area contributed by atoms with Crippen LogP contribution in [0.25, 0.3) is 11.1 Å². The van der Waals surface area contributed by atoms with Crippen LogP contribution >= 0.6 is 11.6 Å². The van der Waals surface area contributed by atoms with Gasteiger partial charge in [-0.05, 0) is 24.1 Å². The number of rotatable bonds is 1. The van der Waals surface area contributed by atoms with Crippen LogP contribution < -0.4 is 5.32 Å². The molecule has 0 saturated carbocycles. The molecule has 0 fully saturated rings. The van der Waals surface area contributed by atoms with E-state index < -0.39 is 0 Å². The van der Waals surface area contributed by atoms with E-state index in [1.54, 1.807) is 0 Å². The average molecular weight is 257 g/mol. The SMILES string of the molecule is CC1=Nc2cccc(-c3ccccc3)c2C(Cl)N1. The molecule has 1 heterocycles. The Balaban J connectivity index is 2.22. The molecule has 0 aliphatic carbocycles. The van der Waals surface area contributed by atoms with Crippen molar-refractivity contribution in [2.45, 2.75) is 12.4 Å². The fourth-order valence-electron chi connectivity index (χ4n) is 2.25. The first-order valence-corrected chi connectivity index (χ1v) is 6.33. The van der Waals surface area contributed by atoms with Crippen molar-refractivity contribution in [1.82, 2.24) is 5.32 Å². The van der Waals surface area contributed by atoms with Gasteiger partial charge in [0.05, 0.1) is 5.69 Å². The van der Waals surface area contributed by atoms with Crippen LogP contribution in [0.4, 0.5) is 5.69 Å². The number of nitrogens with zero attached hydrogens (tertiary/aromatic N) is 1. The molecule has 1 atom stereocenters. The number of hydrogen-bond acceptors (Lipinski definition) is 2. The van der Waals surface area contributed by atoms with Crippen LogP contribution in [0.3, 0.4) is 0 Å². The standard InChI is InChI=1S/C15H13ClN2/c1-10-17-13-9-5-8-12(14(13)15(16)18-10)11-6-3-2-4-7-11/h2-9,15H,1H3,(H,17,18). The van der Waals surface area contributed by atoms with E-state index in [1.165, 1.54) is 0 Å². The van der Waals surface area contributed by atoms with Crippen LogP contribution in [0.2, 0.25) is 0 Å². The fourth-order valence-corrected chi connectivity index (χ4v) is 2.64. The van der Waals surface area contributed by atoms with Gasteiger partial charge in [-0.3, -0.25) is 0 Å². The molecule has 2 nitrogen and oxygen atoms in total. The number of fused-ring (bicyclic) bond motifs is 1. The van der Waals surface area contributed by atoms with Crippen LogP contribution in [0.15, 0.2) is 53.5 Å². The highest BCUT2D eigenvalue weighted by Gasteiger charge is 2.21. The van der Waals surface area contributed by atoms with Gasteiger partial charge < -0.3 is 5.32 Å². The molecule has 1 unspecified atom stereocenters. The zero-order chi connectivity index (χ0) is 12.5. The van der Waals surface area contributed by atoms with Crippen molar-refractivity contribution < 1.29 is 0 Å². The summed E-state index contributed by atoms with van der Waals surface area (Å²) in [5, 5.41) is 3.16. The quantitative estimate of drug-likeness (QED) is 0.599. The zero-order valence-corrected chi connectivity index (χ0v) is 10.8. The monoisotopic (exact) mass is 256 g/mol. The Hall–Kier alpha value is -1.80. The number of alkyl halides is 1. The van der Waals surface area contributed by atoms with Crippen LogP contribution in [-0.2, 0) is 0 Å². The van der Waals surface area contributed by atoms with Gasteiger partial charge in [-0.25, -0.2) is 4.99 Å². The normalized spacial score (nSPS) is 17.7. The molecular formula is C15H13ClN2. The van der Waals surface area contributed by atoms with Gasteiger partial charge in [0, 0.05) is 5.56 Å². The molecule has 0 radical (unpaired) electrons. The maximum absolute atomic E-state index is 6.41. The molecule has 3 rings (SSSR count). The lowest BCUT2D eigenvalue weighted by atomic mass is 9.97. The summed E-state index contributed by atoms with van der Waals surface area (Å²) in [6.45, 7) is 1.92. The second-order valence-corrected chi connectivity index (χ2v) is 4.74. The summed E-state index contributed by atoms with van der Waals surface area (Å²) in [6, 6.07) is 16.4. The van der Waals surface area contributed by atoms with E-state index >= 15 is 0 Å². The molecule has 18 heavy (non-hydrogen) atoms. The summed E-state index contributed by atoms with van der Waals surface area (Å²) in [5.74, 6) is 0.854. The topological polar surface area (TPSA) is 24.4 Å². The third-order valence-corrected chi connectivity index (χ3v) is 3.37. The van der Waals surface area contributed by atoms with Crippen molar-refractivity contribution in [2.24, 2.45) is 4.99 Å². The molecule has 2 aromatic rings. The van der Waals surface area contributed by atoms with Crippen LogP contribution in [-0.4, -0.2) is 5.84 Å². The molecule has 0 bridgehead atoms. The van der Waals surface area contributed by atoms with E-state index in [0.717, 1.165) is 28.2 Å². The summed E-state index contributed by atoms with van der Waals surface area (Å²) < 4.78 is 0. The molecule has 1 N–H and O–H groups in total. The smallest absolute Gasteiger partial charge is 0.131 e. The first-order valence-electron chi connectivity index (χ1n) is 5.90. The summed E-state index contributed by atoms with van der Waals surface area (Å²) in [7, 11) is 0. The summed E-state index contributed by atoms with van der Waals surface area (Å²) in [5.41, 5.74) is 4.07. The van der Waals surface area contributed by atoms with Gasteiger partial charge >= 0.3 is 0 Å². The lowest BCUT2D eigenvalue weighted by Crippen LogP contribution is -2.26. The molecule has 1 aliphatic rings. The Morgan fingerprint density at radius 1 is 1.06 bits per heavy atom. The van der Waals surface area contributed by atoms with E-state index in [0.29, 0.717) is 0 Å². The van der Waals surface area contributed by atoms with Gasteiger partial charge in [0.2, 0.25) is 0 Å². The number of benzene rings is 2. The highest BCUT2D eigenvalue weighted by molar-refractivity contribution is 6.23. The second-order valence-electron chi connectivity index (χ2n) is 4.31. The third kappa shape index (κ3) is 1.89. The second kappa shape index (κ2) is 4.46. The lowest BCUT2D eigenvalue weighted by molar-refractivity contribution is 0.851. The van der Waals surface area contributed by atoms with E-state index in [2.05, 4.69) is 28.5 Å². The number of aliphatic imine (C=N–C) groups is 1. The van der Waals surface area contributed by atoms with E-state index in [-0.39, 0.29) is 5.50 Å². The van der Waals surface area contributed by atoms with Gasteiger partial charge in [0.25, 0.3) is 0 Å². The first kappa shape index (κ1) is 11.3. The minimum atomic E-state index is -0.228. The number of halogens is 1. The molecule has 0 amide bonds. The van der Waals surface area contributed by atoms with Crippen molar-refractivity contribution >= 4 is 23.1 Å². The molecule has 2 aromatic carbocycles. The molecule has 90 valence electrons. The predicted octanol–water partition coefficient (Wildman–Crippen LogP) is 4.24. The Morgan fingerprint density at radius 2 is 1.83 bits per heavy atom. The molecule has 3 heteroatoms. The van der Waals surface area contributed by atoms with E-state index in [1.807, 2.05) is 37.3 Å². The lowest BCUT2D eigenvalue weighted by Gasteiger charge is -2.23. The van der Waals surface area contributed by atoms with Crippen molar-refractivity contribution in [3.63, 3.8) is 0 Å². The average Bonchev–Trinajstić information content (AvgIpc) is 2.38. The van der Waals surface area contributed by atoms with Crippen molar-refractivity contribution in [2.75, 3.05) is 0 Å². The van der Waals surface area contributed by atoms with Crippen LogP contribution in [0, 0.1) is 0 Å². The molecule has 0 spiro atoms. The van der Waals surface area contributed by atoms with E-state index in [9.17, 15) is 0 Å². The molecule has 0 aromatic heterocycles. The largest absolute Gasteiger partial charge is 0.354 e. The number of hydrogen-bond donors (Lipinski definition) is 1. The third-order valence-electron chi connectivity index (χ3n) is 3.05. The first-order chi connectivity index (χ1) is 8.75. The highest BCUT2D eigenvalue weighted by Crippen LogP contribution is 2.39. The fraction of sp³-hybridized carbons (Fsp3) is 0.133. The number of nitrogens with one attached hydrogen (secondary N) is 1.